The minimum absolute atomic E-state index is 0.197. The lowest BCUT2D eigenvalue weighted by atomic mass is 10.1. The summed E-state index contributed by atoms with van der Waals surface area (Å²) in [6.07, 6.45) is 1.35. The van der Waals surface area contributed by atoms with Gasteiger partial charge in [-0.1, -0.05) is 18.2 Å². The molecule has 1 fully saturated rings. The van der Waals surface area contributed by atoms with Gasteiger partial charge in [0.1, 0.15) is 11.9 Å². The van der Waals surface area contributed by atoms with Gasteiger partial charge in [0, 0.05) is 18.8 Å². The molecular formula is C15H22O4. The molecule has 4 nitrogen and oxygen atoms in total. The highest BCUT2D eigenvalue weighted by Crippen LogP contribution is 2.26. The number of aliphatic hydroxyl groups is 1. The van der Waals surface area contributed by atoms with E-state index in [4.69, 9.17) is 14.2 Å². The summed E-state index contributed by atoms with van der Waals surface area (Å²) in [4.78, 5) is 0. The lowest BCUT2D eigenvalue weighted by Crippen LogP contribution is -2.25. The first-order chi connectivity index (χ1) is 9.31. The van der Waals surface area contributed by atoms with Crippen LogP contribution in [0.3, 0.4) is 0 Å². The Morgan fingerprint density at radius 2 is 2.05 bits per heavy atom. The summed E-state index contributed by atoms with van der Waals surface area (Å²) in [5.74, 6) is 0.730. The number of benzene rings is 1. The fraction of sp³-hybridized carbons (Fsp3) is 0.600. The first-order valence-electron chi connectivity index (χ1n) is 6.90. The van der Waals surface area contributed by atoms with Gasteiger partial charge in [0.2, 0.25) is 0 Å². The van der Waals surface area contributed by atoms with Gasteiger partial charge in [-0.2, -0.15) is 0 Å². The minimum Gasteiger partial charge on any atom is -0.493 e. The van der Waals surface area contributed by atoms with Gasteiger partial charge in [0.05, 0.1) is 19.3 Å². The first-order valence-corrected chi connectivity index (χ1v) is 6.90. The molecule has 0 aliphatic carbocycles. The molecular weight excluding hydrogens is 244 g/mol. The molecule has 1 aromatic carbocycles. The third-order valence-electron chi connectivity index (χ3n) is 3.24. The number of hydrogen-bond donors (Lipinski definition) is 1. The maximum absolute atomic E-state index is 10.2. The van der Waals surface area contributed by atoms with Crippen LogP contribution < -0.4 is 4.74 Å². The van der Waals surface area contributed by atoms with Crippen molar-refractivity contribution in [1.29, 1.82) is 0 Å². The molecule has 0 aromatic heterocycles. The van der Waals surface area contributed by atoms with Gasteiger partial charge in [0.25, 0.3) is 0 Å². The van der Waals surface area contributed by atoms with Crippen molar-refractivity contribution in [2.24, 2.45) is 0 Å². The Labute approximate surface area is 114 Å². The van der Waals surface area contributed by atoms with Crippen LogP contribution in [-0.2, 0) is 9.47 Å². The van der Waals surface area contributed by atoms with E-state index in [2.05, 4.69) is 0 Å². The number of rotatable bonds is 6. The fourth-order valence-electron chi connectivity index (χ4n) is 2.20. The molecule has 0 spiro atoms. The third kappa shape index (κ3) is 4.20. The van der Waals surface area contributed by atoms with Crippen LogP contribution in [0.1, 0.15) is 31.4 Å². The van der Waals surface area contributed by atoms with Crippen LogP contribution in [0.25, 0.3) is 0 Å². The van der Waals surface area contributed by atoms with E-state index in [9.17, 15) is 5.11 Å². The Hall–Kier alpha value is -1.10. The Balaban J connectivity index is 1.89. The van der Waals surface area contributed by atoms with Crippen molar-refractivity contribution in [3.63, 3.8) is 0 Å². The van der Waals surface area contributed by atoms with E-state index in [1.807, 2.05) is 31.2 Å². The van der Waals surface area contributed by atoms with Crippen molar-refractivity contribution in [1.82, 2.24) is 0 Å². The average molecular weight is 266 g/mol. The molecule has 1 unspecified atom stereocenters. The van der Waals surface area contributed by atoms with E-state index in [1.165, 1.54) is 0 Å². The van der Waals surface area contributed by atoms with Crippen molar-refractivity contribution < 1.29 is 19.3 Å². The summed E-state index contributed by atoms with van der Waals surface area (Å²) in [6.45, 7) is 4.31. The third-order valence-corrected chi connectivity index (χ3v) is 3.24. The van der Waals surface area contributed by atoms with E-state index in [0.717, 1.165) is 37.4 Å². The number of aliphatic hydroxyl groups excluding tert-OH is 1. The molecule has 2 rings (SSSR count). The molecule has 1 heterocycles. The summed E-state index contributed by atoms with van der Waals surface area (Å²) in [7, 11) is 0. The number of para-hydroxylation sites is 1. The molecule has 19 heavy (non-hydrogen) atoms. The summed E-state index contributed by atoms with van der Waals surface area (Å²) < 4.78 is 16.5. The molecule has 0 amide bonds. The quantitative estimate of drug-likeness (QED) is 0.858. The molecule has 0 saturated carbocycles. The van der Waals surface area contributed by atoms with Crippen molar-refractivity contribution in [3.8, 4) is 5.75 Å². The Morgan fingerprint density at radius 3 is 2.79 bits per heavy atom. The average Bonchev–Trinajstić information content (AvgIpc) is 2.47. The topological polar surface area (TPSA) is 47.9 Å². The molecule has 1 aliphatic rings. The predicted octanol–water partition coefficient (Wildman–Crippen LogP) is 2.31. The van der Waals surface area contributed by atoms with Crippen LogP contribution >= 0.6 is 0 Å². The largest absolute Gasteiger partial charge is 0.493 e. The second kappa shape index (κ2) is 7.48. The zero-order valence-corrected chi connectivity index (χ0v) is 11.4. The summed E-state index contributed by atoms with van der Waals surface area (Å²) in [5.41, 5.74) is 0.788. The summed E-state index contributed by atoms with van der Waals surface area (Å²) >= 11 is 0. The Kier molecular flexibility index (Phi) is 5.63. The van der Waals surface area contributed by atoms with E-state index in [-0.39, 0.29) is 6.10 Å². The SMILES string of the molecule is CCOc1ccccc1C(O)COC1CCOCC1. The van der Waals surface area contributed by atoms with Gasteiger partial charge >= 0.3 is 0 Å². The Morgan fingerprint density at radius 1 is 1.32 bits per heavy atom. The standard InChI is InChI=1S/C15H22O4/c1-2-18-15-6-4-3-5-13(15)14(16)11-19-12-7-9-17-10-8-12/h3-6,12,14,16H,2,7-11H2,1H3. The van der Waals surface area contributed by atoms with E-state index in [1.54, 1.807) is 0 Å². The molecule has 0 radical (unpaired) electrons. The lowest BCUT2D eigenvalue weighted by molar-refractivity contribution is -0.0602. The van der Waals surface area contributed by atoms with E-state index >= 15 is 0 Å². The molecule has 1 saturated heterocycles. The molecule has 106 valence electrons. The smallest absolute Gasteiger partial charge is 0.125 e. The van der Waals surface area contributed by atoms with Crippen molar-refractivity contribution in [3.05, 3.63) is 29.8 Å². The summed E-state index contributed by atoms with van der Waals surface area (Å²) in [6, 6.07) is 7.55. The lowest BCUT2D eigenvalue weighted by Gasteiger charge is -2.24. The normalized spacial score (nSPS) is 18.2. The minimum atomic E-state index is -0.648. The zero-order valence-electron chi connectivity index (χ0n) is 11.4. The second-order valence-electron chi connectivity index (χ2n) is 4.63. The van der Waals surface area contributed by atoms with Gasteiger partial charge in [-0.25, -0.2) is 0 Å². The zero-order chi connectivity index (χ0) is 13.5. The first kappa shape index (κ1) is 14.3. The number of hydrogen-bond acceptors (Lipinski definition) is 4. The van der Waals surface area contributed by atoms with Crippen molar-refractivity contribution in [2.45, 2.75) is 32.0 Å². The van der Waals surface area contributed by atoms with E-state index in [0.29, 0.717) is 13.2 Å². The van der Waals surface area contributed by atoms with Crippen LogP contribution in [0.4, 0.5) is 0 Å². The highest BCUT2D eigenvalue weighted by molar-refractivity contribution is 5.35. The van der Waals surface area contributed by atoms with E-state index < -0.39 is 6.10 Å². The van der Waals surface area contributed by atoms with Crippen LogP contribution in [0, 0.1) is 0 Å². The monoisotopic (exact) mass is 266 g/mol. The predicted molar refractivity (Wildman–Crippen MR) is 72.4 cm³/mol. The molecule has 1 aliphatic heterocycles. The second-order valence-corrected chi connectivity index (χ2v) is 4.63. The highest BCUT2D eigenvalue weighted by atomic mass is 16.5. The van der Waals surface area contributed by atoms with Crippen LogP contribution in [-0.4, -0.2) is 37.6 Å². The van der Waals surface area contributed by atoms with Crippen molar-refractivity contribution in [2.75, 3.05) is 26.4 Å². The molecule has 1 N–H and O–H groups in total. The maximum atomic E-state index is 10.2. The van der Waals surface area contributed by atoms with Crippen LogP contribution in [0.5, 0.6) is 5.75 Å². The highest BCUT2D eigenvalue weighted by Gasteiger charge is 2.18. The maximum Gasteiger partial charge on any atom is 0.125 e. The molecule has 1 aromatic rings. The van der Waals surface area contributed by atoms with Crippen LogP contribution in [0.2, 0.25) is 0 Å². The van der Waals surface area contributed by atoms with Crippen molar-refractivity contribution >= 4 is 0 Å². The fourth-order valence-corrected chi connectivity index (χ4v) is 2.20. The van der Waals surface area contributed by atoms with Gasteiger partial charge in [-0.05, 0) is 25.8 Å². The Bertz CT molecular complexity index is 374. The van der Waals surface area contributed by atoms with Gasteiger partial charge in [0.15, 0.2) is 0 Å². The number of ether oxygens (including phenoxy) is 3. The van der Waals surface area contributed by atoms with Gasteiger partial charge in [-0.15, -0.1) is 0 Å². The van der Waals surface area contributed by atoms with Gasteiger partial charge < -0.3 is 19.3 Å². The molecule has 0 bridgehead atoms. The van der Waals surface area contributed by atoms with Crippen LogP contribution in [0.15, 0.2) is 24.3 Å². The molecule has 1 atom stereocenters. The summed E-state index contributed by atoms with van der Waals surface area (Å²) in [5, 5.41) is 10.2. The van der Waals surface area contributed by atoms with Gasteiger partial charge in [-0.3, -0.25) is 0 Å². The molecule has 4 heteroatoms.